The summed E-state index contributed by atoms with van der Waals surface area (Å²) in [6, 6.07) is 17.9. The molecule has 0 aromatic heterocycles. The molecule has 0 saturated carbocycles. The zero-order valence-corrected chi connectivity index (χ0v) is 17.2. The predicted octanol–water partition coefficient (Wildman–Crippen LogP) is 5.40. The highest BCUT2D eigenvalue weighted by Gasteiger charge is 2.32. The lowest BCUT2D eigenvalue weighted by molar-refractivity contribution is -0.113. The summed E-state index contributed by atoms with van der Waals surface area (Å²) in [7, 11) is 3.30. The summed E-state index contributed by atoms with van der Waals surface area (Å²) < 4.78 is 11.1. The Morgan fingerprint density at radius 3 is 2.48 bits per heavy atom. The molecule has 0 saturated heterocycles. The van der Waals surface area contributed by atoms with E-state index < -0.39 is 0 Å². The van der Waals surface area contributed by atoms with Gasteiger partial charge in [0, 0.05) is 23.2 Å². The first-order valence-electron chi connectivity index (χ1n) is 9.81. The third kappa shape index (κ3) is 3.35. The summed E-state index contributed by atoms with van der Waals surface area (Å²) in [6.45, 7) is 4.93. The molecule has 1 aliphatic rings. The Hall–Kier alpha value is -3.27. The van der Waals surface area contributed by atoms with Crippen molar-refractivity contribution in [3.8, 4) is 11.5 Å². The van der Waals surface area contributed by atoms with Crippen molar-refractivity contribution in [2.24, 2.45) is 5.92 Å². The number of carbonyl (C=O) groups excluding carboxylic acids is 1. The summed E-state index contributed by atoms with van der Waals surface area (Å²) in [5.74, 6) is 1.90. The van der Waals surface area contributed by atoms with E-state index in [2.05, 4.69) is 13.8 Å². The fraction of sp³-hybridized carbons (Fsp3) is 0.240. The number of fused-ring (bicyclic) bond motifs is 2. The van der Waals surface area contributed by atoms with Gasteiger partial charge >= 0.3 is 0 Å². The molecule has 1 amide bonds. The summed E-state index contributed by atoms with van der Waals surface area (Å²) in [5, 5.41) is 2.06. The lowest BCUT2D eigenvalue weighted by Gasteiger charge is -2.19. The van der Waals surface area contributed by atoms with Crippen molar-refractivity contribution in [3.63, 3.8) is 0 Å². The molecule has 1 heterocycles. The first-order valence-corrected chi connectivity index (χ1v) is 9.81. The van der Waals surface area contributed by atoms with Gasteiger partial charge in [0.15, 0.2) is 0 Å². The summed E-state index contributed by atoms with van der Waals surface area (Å²) in [4.78, 5) is 15.2. The molecular formula is C25H25NO3. The monoisotopic (exact) mass is 387 g/mol. The minimum atomic E-state index is 0.0295. The van der Waals surface area contributed by atoms with Crippen LogP contribution in [-0.4, -0.2) is 26.7 Å². The van der Waals surface area contributed by atoms with Crippen LogP contribution in [0.4, 0.5) is 5.69 Å². The molecule has 0 fully saturated rings. The third-order valence-corrected chi connectivity index (χ3v) is 5.25. The van der Waals surface area contributed by atoms with E-state index in [0.29, 0.717) is 18.0 Å². The van der Waals surface area contributed by atoms with Crippen LogP contribution >= 0.6 is 0 Å². The van der Waals surface area contributed by atoms with Gasteiger partial charge in [-0.1, -0.05) is 44.2 Å². The number of anilines is 1. The quantitative estimate of drug-likeness (QED) is 0.550. The maximum absolute atomic E-state index is 13.4. The largest absolute Gasteiger partial charge is 0.497 e. The molecule has 0 aliphatic carbocycles. The molecule has 4 rings (SSSR count). The Labute approximate surface area is 171 Å². The first kappa shape index (κ1) is 19.1. The van der Waals surface area contributed by atoms with Crippen molar-refractivity contribution >= 4 is 34.0 Å². The van der Waals surface area contributed by atoms with Crippen LogP contribution in [-0.2, 0) is 4.79 Å². The van der Waals surface area contributed by atoms with Crippen LogP contribution in [0.15, 0.2) is 54.6 Å². The van der Waals surface area contributed by atoms with Gasteiger partial charge in [0.1, 0.15) is 11.5 Å². The van der Waals surface area contributed by atoms with Crippen LogP contribution in [0, 0.1) is 5.92 Å². The Balaban J connectivity index is 1.94. The van der Waals surface area contributed by atoms with Gasteiger partial charge in [-0.2, -0.15) is 0 Å². The Kier molecular flexibility index (Phi) is 5.01. The minimum absolute atomic E-state index is 0.0295. The zero-order chi connectivity index (χ0) is 20.5. The Morgan fingerprint density at radius 2 is 1.76 bits per heavy atom. The molecule has 0 atom stereocenters. The van der Waals surface area contributed by atoms with Gasteiger partial charge in [-0.05, 0) is 47.0 Å². The second kappa shape index (κ2) is 7.63. The molecule has 0 radical (unpaired) electrons. The number of carbonyl (C=O) groups is 1. The maximum atomic E-state index is 13.4. The lowest BCUT2D eigenvalue weighted by Crippen LogP contribution is -2.30. The highest BCUT2D eigenvalue weighted by molar-refractivity contribution is 6.36. The van der Waals surface area contributed by atoms with E-state index in [4.69, 9.17) is 9.47 Å². The molecule has 148 valence electrons. The fourth-order valence-corrected chi connectivity index (χ4v) is 3.89. The van der Waals surface area contributed by atoms with E-state index >= 15 is 0 Å². The van der Waals surface area contributed by atoms with E-state index in [1.807, 2.05) is 65.6 Å². The molecule has 0 spiro atoms. The van der Waals surface area contributed by atoms with Gasteiger partial charge in [-0.25, -0.2) is 0 Å². The highest BCUT2D eigenvalue weighted by atomic mass is 16.5. The van der Waals surface area contributed by atoms with Gasteiger partial charge in [0.25, 0.3) is 5.91 Å². The van der Waals surface area contributed by atoms with Crippen molar-refractivity contribution in [1.82, 2.24) is 0 Å². The maximum Gasteiger partial charge on any atom is 0.259 e. The van der Waals surface area contributed by atoms with E-state index in [9.17, 15) is 4.79 Å². The zero-order valence-electron chi connectivity index (χ0n) is 17.2. The van der Waals surface area contributed by atoms with Gasteiger partial charge in [0.05, 0.1) is 19.9 Å². The van der Waals surface area contributed by atoms with Crippen molar-refractivity contribution in [2.45, 2.75) is 13.8 Å². The molecule has 1 aliphatic heterocycles. The Bertz CT molecular complexity index is 1110. The van der Waals surface area contributed by atoms with Gasteiger partial charge in [-0.3, -0.25) is 4.79 Å². The molecule has 4 heteroatoms. The Morgan fingerprint density at radius 1 is 1.00 bits per heavy atom. The van der Waals surface area contributed by atoms with Crippen molar-refractivity contribution in [2.75, 3.05) is 25.7 Å². The third-order valence-electron chi connectivity index (χ3n) is 5.25. The van der Waals surface area contributed by atoms with Crippen molar-refractivity contribution in [3.05, 3.63) is 65.7 Å². The van der Waals surface area contributed by atoms with Crippen LogP contribution in [0.5, 0.6) is 11.5 Å². The first-order chi connectivity index (χ1) is 14.0. The average Bonchev–Trinajstić information content (AvgIpc) is 2.99. The molecule has 29 heavy (non-hydrogen) atoms. The summed E-state index contributed by atoms with van der Waals surface area (Å²) in [6.07, 6.45) is 1.96. The normalized spacial score (nSPS) is 14.7. The topological polar surface area (TPSA) is 38.8 Å². The number of hydrogen-bond acceptors (Lipinski definition) is 3. The van der Waals surface area contributed by atoms with Gasteiger partial charge < -0.3 is 14.4 Å². The molecule has 0 unspecified atom stereocenters. The number of rotatable bonds is 5. The molecule has 0 bridgehead atoms. The van der Waals surface area contributed by atoms with Crippen LogP contribution in [0.25, 0.3) is 22.4 Å². The van der Waals surface area contributed by atoms with Crippen molar-refractivity contribution in [1.29, 1.82) is 0 Å². The summed E-state index contributed by atoms with van der Waals surface area (Å²) >= 11 is 0. The second-order valence-corrected chi connectivity index (χ2v) is 7.65. The van der Waals surface area contributed by atoms with Gasteiger partial charge in [0.2, 0.25) is 0 Å². The van der Waals surface area contributed by atoms with E-state index in [1.165, 1.54) is 0 Å². The summed E-state index contributed by atoms with van der Waals surface area (Å²) in [5.41, 5.74) is 3.50. The number of nitrogens with zero attached hydrogens (tertiary/aromatic N) is 1. The van der Waals surface area contributed by atoms with Crippen LogP contribution in [0.2, 0.25) is 0 Å². The second-order valence-electron chi connectivity index (χ2n) is 7.65. The molecular weight excluding hydrogens is 362 g/mol. The SMILES string of the molecule is COc1ccc2ccc(OC)c(/C=C3\C(=O)N(CC(C)C)c4ccccc43)c2c1. The van der Waals surface area contributed by atoms with Crippen molar-refractivity contribution < 1.29 is 14.3 Å². The number of hydrogen-bond donors (Lipinski definition) is 0. The predicted molar refractivity (Wildman–Crippen MR) is 119 cm³/mol. The van der Waals surface area contributed by atoms with E-state index in [1.54, 1.807) is 14.2 Å². The standard InChI is InChI=1S/C25H25NO3/c1-16(2)15-26-23-8-6-5-7-19(23)22(25(26)27)14-21-20-13-18(28-3)11-9-17(20)10-12-24(21)29-4/h5-14,16H,15H2,1-4H3/b22-14-. The van der Waals surface area contributed by atoms with E-state index in [-0.39, 0.29) is 5.91 Å². The van der Waals surface area contributed by atoms with Crippen LogP contribution < -0.4 is 14.4 Å². The molecule has 3 aromatic carbocycles. The number of amides is 1. The van der Waals surface area contributed by atoms with Crippen LogP contribution in [0.1, 0.15) is 25.0 Å². The van der Waals surface area contributed by atoms with Gasteiger partial charge in [-0.15, -0.1) is 0 Å². The molecule has 4 nitrogen and oxygen atoms in total. The average molecular weight is 387 g/mol. The molecule has 3 aromatic rings. The number of para-hydroxylation sites is 1. The fourth-order valence-electron chi connectivity index (χ4n) is 3.89. The highest BCUT2D eigenvalue weighted by Crippen LogP contribution is 2.40. The van der Waals surface area contributed by atoms with E-state index in [0.717, 1.165) is 39.1 Å². The minimum Gasteiger partial charge on any atom is -0.497 e. The molecule has 0 N–H and O–H groups in total. The number of benzene rings is 3. The van der Waals surface area contributed by atoms with Crippen LogP contribution in [0.3, 0.4) is 0 Å². The number of ether oxygens (including phenoxy) is 2. The lowest BCUT2D eigenvalue weighted by atomic mass is 9.98. The smallest absolute Gasteiger partial charge is 0.259 e. The number of methoxy groups -OCH3 is 2.